The molecule has 6 nitrogen and oxygen atoms in total. The van der Waals surface area contributed by atoms with Gasteiger partial charge in [-0.1, -0.05) is 68.1 Å². The van der Waals surface area contributed by atoms with Gasteiger partial charge >= 0.3 is 5.97 Å². The van der Waals surface area contributed by atoms with Crippen LogP contribution in [0.5, 0.6) is 0 Å². The predicted molar refractivity (Wildman–Crippen MR) is 128 cm³/mol. The summed E-state index contributed by atoms with van der Waals surface area (Å²) in [6.45, 7) is 6.26. The summed E-state index contributed by atoms with van der Waals surface area (Å²) in [5, 5.41) is 8.39. The molecule has 3 aromatic rings. The van der Waals surface area contributed by atoms with Gasteiger partial charge in [-0.05, 0) is 42.5 Å². The van der Waals surface area contributed by atoms with E-state index in [0.717, 1.165) is 18.4 Å². The van der Waals surface area contributed by atoms with Crippen LogP contribution in [0.15, 0.2) is 65.0 Å². The van der Waals surface area contributed by atoms with Crippen LogP contribution in [0.1, 0.15) is 49.9 Å². The molecule has 1 aliphatic heterocycles. The third-order valence-electron chi connectivity index (χ3n) is 5.51. The van der Waals surface area contributed by atoms with Gasteiger partial charge in [-0.2, -0.15) is 4.98 Å². The van der Waals surface area contributed by atoms with E-state index >= 15 is 0 Å². The predicted octanol–water partition coefficient (Wildman–Crippen LogP) is 5.51. The van der Waals surface area contributed by atoms with Gasteiger partial charge in [0.25, 0.3) is 0 Å². The van der Waals surface area contributed by atoms with Crippen LogP contribution in [0.4, 0.5) is 10.3 Å². The number of hydrogen-bond acceptors (Lipinski definition) is 6. The zero-order valence-corrected chi connectivity index (χ0v) is 19.8. The zero-order chi connectivity index (χ0) is 23.4. The molecule has 0 fully saturated rings. The monoisotopic (exact) mass is 466 g/mol. The zero-order valence-electron chi connectivity index (χ0n) is 19.0. The van der Waals surface area contributed by atoms with Crippen molar-refractivity contribution in [2.45, 2.75) is 50.6 Å². The third-order valence-corrected chi connectivity index (χ3v) is 6.40. The number of esters is 1. The van der Waals surface area contributed by atoms with Crippen molar-refractivity contribution in [3.8, 4) is 0 Å². The highest BCUT2D eigenvalue weighted by atomic mass is 32.2. The van der Waals surface area contributed by atoms with Crippen LogP contribution in [0.25, 0.3) is 0 Å². The van der Waals surface area contributed by atoms with Gasteiger partial charge in [0.1, 0.15) is 11.9 Å². The molecule has 2 heterocycles. The molecule has 1 aliphatic rings. The van der Waals surface area contributed by atoms with Crippen molar-refractivity contribution < 1.29 is 13.9 Å². The normalized spacial score (nSPS) is 15.2. The molecule has 0 bridgehead atoms. The fourth-order valence-corrected chi connectivity index (χ4v) is 4.55. The molecule has 1 aromatic heterocycles. The topological polar surface area (TPSA) is 69.0 Å². The van der Waals surface area contributed by atoms with Gasteiger partial charge in [-0.15, -0.1) is 5.10 Å². The average molecular weight is 467 g/mol. The smallest absolute Gasteiger partial charge is 0.338 e. The number of hydrogen-bond donors (Lipinski definition) is 1. The van der Waals surface area contributed by atoms with Crippen LogP contribution in [-0.4, -0.2) is 27.3 Å². The first kappa shape index (κ1) is 23.0. The van der Waals surface area contributed by atoms with Crippen LogP contribution < -0.4 is 5.32 Å². The van der Waals surface area contributed by atoms with Crippen molar-refractivity contribution in [2.75, 3.05) is 11.9 Å². The number of aryl methyl sites for hydroxylation is 1. The van der Waals surface area contributed by atoms with Crippen LogP contribution >= 0.6 is 11.8 Å². The van der Waals surface area contributed by atoms with E-state index in [2.05, 4.69) is 34.5 Å². The van der Waals surface area contributed by atoms with E-state index in [4.69, 9.17) is 4.74 Å². The van der Waals surface area contributed by atoms with Gasteiger partial charge in [0.2, 0.25) is 11.1 Å². The van der Waals surface area contributed by atoms with Crippen molar-refractivity contribution in [1.82, 2.24) is 14.8 Å². The summed E-state index contributed by atoms with van der Waals surface area (Å²) in [4.78, 5) is 17.6. The summed E-state index contributed by atoms with van der Waals surface area (Å²) in [6.07, 6.45) is 1.67. The van der Waals surface area contributed by atoms with Gasteiger partial charge in [0, 0.05) is 11.4 Å². The third kappa shape index (κ3) is 4.95. The number of carbonyl (C=O) groups excluding carboxylic acids is 1. The molecule has 0 spiro atoms. The number of nitrogens with one attached hydrogen (secondary N) is 1. The van der Waals surface area contributed by atoms with Crippen LogP contribution in [0, 0.1) is 5.82 Å². The Morgan fingerprint density at radius 2 is 1.94 bits per heavy atom. The number of carbonyl (C=O) groups is 1. The highest BCUT2D eigenvalue weighted by Gasteiger charge is 2.35. The number of fused-ring (bicyclic) bond motifs is 1. The van der Waals surface area contributed by atoms with E-state index in [-0.39, 0.29) is 11.8 Å². The first-order valence-corrected chi connectivity index (χ1v) is 12.1. The lowest BCUT2D eigenvalue weighted by atomic mass is 9.95. The number of aromatic nitrogens is 3. The number of thioether (sulfide) groups is 1. The standard InChI is InChI=1S/C25H27FN4O2S/c1-4-14-32-23(31)21-16(3)27-24-28-25(33-15-19-8-6-7-9-20(19)26)29-30(24)22(21)18-12-10-17(5-2)11-13-18/h6-13,22H,4-5,14-15H2,1-3H3,(H,27,28,29). The maximum atomic E-state index is 14.0. The van der Waals surface area contributed by atoms with Crippen molar-refractivity contribution in [3.05, 3.63) is 82.3 Å². The van der Waals surface area contributed by atoms with Crippen LogP contribution in [0.3, 0.4) is 0 Å². The Kier molecular flexibility index (Phi) is 7.13. The number of ether oxygens (including phenoxy) is 1. The Balaban J connectivity index is 1.68. The first-order valence-electron chi connectivity index (χ1n) is 11.1. The fourth-order valence-electron chi connectivity index (χ4n) is 3.73. The summed E-state index contributed by atoms with van der Waals surface area (Å²) >= 11 is 1.35. The second-order valence-electron chi connectivity index (χ2n) is 7.84. The second-order valence-corrected chi connectivity index (χ2v) is 8.78. The minimum atomic E-state index is -0.466. The molecule has 1 N–H and O–H groups in total. The molecule has 2 aromatic carbocycles. The number of benzene rings is 2. The minimum absolute atomic E-state index is 0.251. The Morgan fingerprint density at radius 1 is 1.18 bits per heavy atom. The van der Waals surface area contributed by atoms with Crippen molar-refractivity contribution in [3.63, 3.8) is 0 Å². The van der Waals surface area contributed by atoms with E-state index in [9.17, 15) is 9.18 Å². The van der Waals surface area contributed by atoms with Gasteiger partial charge in [-0.3, -0.25) is 0 Å². The fraction of sp³-hybridized carbons (Fsp3) is 0.320. The van der Waals surface area contributed by atoms with Crippen LogP contribution in [0.2, 0.25) is 0 Å². The van der Waals surface area contributed by atoms with Gasteiger partial charge < -0.3 is 10.1 Å². The second kappa shape index (κ2) is 10.2. The molecule has 4 rings (SSSR count). The molecule has 0 saturated carbocycles. The largest absolute Gasteiger partial charge is 0.462 e. The molecular formula is C25H27FN4O2S. The Labute approximate surface area is 197 Å². The van der Waals surface area contributed by atoms with Crippen molar-refractivity contribution >= 4 is 23.7 Å². The lowest BCUT2D eigenvalue weighted by molar-refractivity contribution is -0.139. The summed E-state index contributed by atoms with van der Waals surface area (Å²) in [6, 6.07) is 14.4. The molecule has 8 heteroatoms. The Hall–Kier alpha value is -3.13. The van der Waals surface area contributed by atoms with Crippen molar-refractivity contribution in [2.24, 2.45) is 0 Å². The molecular weight excluding hydrogens is 439 g/mol. The number of halogens is 1. The molecule has 0 amide bonds. The van der Waals surface area contributed by atoms with E-state index in [0.29, 0.717) is 40.3 Å². The van der Waals surface area contributed by atoms with Crippen LogP contribution in [-0.2, 0) is 21.7 Å². The van der Waals surface area contributed by atoms with Crippen molar-refractivity contribution in [1.29, 1.82) is 0 Å². The maximum Gasteiger partial charge on any atom is 0.338 e. The van der Waals surface area contributed by atoms with E-state index in [1.807, 2.05) is 32.0 Å². The highest BCUT2D eigenvalue weighted by Crippen LogP contribution is 2.37. The van der Waals surface area contributed by atoms with Gasteiger partial charge in [0.05, 0.1) is 12.2 Å². The summed E-state index contributed by atoms with van der Waals surface area (Å²) in [5.41, 5.74) is 3.92. The number of anilines is 1. The lowest BCUT2D eigenvalue weighted by Gasteiger charge is -2.28. The maximum absolute atomic E-state index is 14.0. The highest BCUT2D eigenvalue weighted by molar-refractivity contribution is 7.98. The average Bonchev–Trinajstić information content (AvgIpc) is 3.23. The molecule has 0 saturated heterocycles. The minimum Gasteiger partial charge on any atom is -0.462 e. The summed E-state index contributed by atoms with van der Waals surface area (Å²) in [7, 11) is 0. The lowest BCUT2D eigenvalue weighted by Crippen LogP contribution is -2.29. The van der Waals surface area contributed by atoms with Gasteiger partial charge in [-0.25, -0.2) is 13.9 Å². The van der Waals surface area contributed by atoms with E-state index in [1.165, 1.54) is 23.4 Å². The molecule has 33 heavy (non-hydrogen) atoms. The molecule has 172 valence electrons. The number of allylic oxidation sites excluding steroid dienone is 1. The first-order chi connectivity index (χ1) is 16.0. The molecule has 0 radical (unpaired) electrons. The molecule has 0 aliphatic carbocycles. The SMILES string of the molecule is CCCOC(=O)C1=C(C)Nc2nc(SCc3ccccc3F)nn2C1c1ccc(CC)cc1. The Morgan fingerprint density at radius 3 is 2.64 bits per heavy atom. The molecule has 1 unspecified atom stereocenters. The quantitative estimate of drug-likeness (QED) is 0.349. The van der Waals surface area contributed by atoms with Gasteiger partial charge in [0.15, 0.2) is 0 Å². The number of rotatable bonds is 8. The summed E-state index contributed by atoms with van der Waals surface area (Å²) in [5.74, 6) is 0.330. The molecule has 1 atom stereocenters. The Bertz CT molecular complexity index is 1170. The van der Waals surface area contributed by atoms with E-state index < -0.39 is 6.04 Å². The summed E-state index contributed by atoms with van der Waals surface area (Å²) < 4.78 is 21.2. The van der Waals surface area contributed by atoms with E-state index in [1.54, 1.807) is 16.8 Å². The number of nitrogens with zero attached hydrogens (tertiary/aromatic N) is 3.